The van der Waals surface area contributed by atoms with Crippen molar-refractivity contribution in [2.45, 2.75) is 76.0 Å². The zero-order chi connectivity index (χ0) is 14.3. The Morgan fingerprint density at radius 1 is 0.778 bits per heavy atom. The van der Waals surface area contributed by atoms with E-state index in [9.17, 15) is 0 Å². The smallest absolute Gasteiger partial charge is 0.303 e. The SMILES string of the molecule is CCCCC[CH2][Ni][CH2]CCCCC.O=P(O)(O)O. The van der Waals surface area contributed by atoms with Crippen molar-refractivity contribution >= 4 is 7.82 Å². The van der Waals surface area contributed by atoms with Crippen molar-refractivity contribution < 1.29 is 33.7 Å². The predicted molar refractivity (Wildman–Crippen MR) is 72.2 cm³/mol. The maximum absolute atomic E-state index is 8.88. The zero-order valence-corrected chi connectivity index (χ0v) is 13.5. The Morgan fingerprint density at radius 3 is 1.39 bits per heavy atom. The Labute approximate surface area is 118 Å². The number of phosphoric acid groups is 1. The van der Waals surface area contributed by atoms with Gasteiger partial charge in [0.25, 0.3) is 0 Å². The average Bonchev–Trinajstić information content (AvgIpc) is 2.25. The molecule has 0 aliphatic carbocycles. The van der Waals surface area contributed by atoms with Crippen LogP contribution in [0.3, 0.4) is 0 Å². The van der Waals surface area contributed by atoms with Gasteiger partial charge in [0.15, 0.2) is 0 Å². The molecule has 0 amide bonds. The van der Waals surface area contributed by atoms with Crippen molar-refractivity contribution in [3.8, 4) is 0 Å². The maximum atomic E-state index is 8.88. The molecular formula is C12H29NiO4P. The molecule has 0 spiro atoms. The molecule has 3 N–H and O–H groups in total. The summed E-state index contributed by atoms with van der Waals surface area (Å²) in [4.78, 5) is 21.6. The van der Waals surface area contributed by atoms with Crippen LogP contribution in [0.15, 0.2) is 0 Å². The van der Waals surface area contributed by atoms with E-state index in [4.69, 9.17) is 19.2 Å². The summed E-state index contributed by atoms with van der Waals surface area (Å²) in [5.41, 5.74) is 0. The number of unbranched alkanes of at least 4 members (excludes halogenated alkanes) is 6. The summed E-state index contributed by atoms with van der Waals surface area (Å²) in [5, 5.41) is 2.83. The van der Waals surface area contributed by atoms with Gasteiger partial charge in [0.1, 0.15) is 0 Å². The zero-order valence-electron chi connectivity index (χ0n) is 11.6. The van der Waals surface area contributed by atoms with Crippen molar-refractivity contribution in [1.29, 1.82) is 0 Å². The second kappa shape index (κ2) is 15.7. The summed E-state index contributed by atoms with van der Waals surface area (Å²) in [5.74, 6) is 0. The van der Waals surface area contributed by atoms with E-state index in [0.29, 0.717) is 0 Å². The topological polar surface area (TPSA) is 77.8 Å². The third-order valence-corrected chi connectivity index (χ3v) is 3.55. The molecule has 0 bridgehead atoms. The molecule has 0 rings (SSSR count). The average molecular weight is 327 g/mol. The molecule has 0 aliphatic heterocycles. The molecule has 0 aromatic carbocycles. The van der Waals surface area contributed by atoms with Crippen LogP contribution in [0.1, 0.15) is 65.2 Å². The van der Waals surface area contributed by atoms with Crippen LogP contribution in [-0.4, -0.2) is 14.7 Å². The van der Waals surface area contributed by atoms with E-state index in [1.165, 1.54) is 62.1 Å². The number of rotatable bonds is 10. The van der Waals surface area contributed by atoms with Crippen LogP contribution in [0.5, 0.6) is 0 Å². The van der Waals surface area contributed by atoms with E-state index >= 15 is 0 Å². The van der Waals surface area contributed by atoms with Crippen LogP contribution >= 0.6 is 7.82 Å². The molecule has 0 aromatic rings. The summed E-state index contributed by atoms with van der Waals surface area (Å²) in [6, 6.07) is 0. The molecule has 0 unspecified atom stereocenters. The molecule has 0 fully saturated rings. The van der Waals surface area contributed by atoms with Gasteiger partial charge in [0, 0.05) is 0 Å². The normalized spacial score (nSPS) is 11.2. The molecule has 0 saturated heterocycles. The number of hydrogen-bond acceptors (Lipinski definition) is 1. The molecule has 6 heteroatoms. The Balaban J connectivity index is 0. The van der Waals surface area contributed by atoms with Crippen LogP contribution < -0.4 is 0 Å². The summed E-state index contributed by atoms with van der Waals surface area (Å²) >= 11 is 1.99. The van der Waals surface area contributed by atoms with Crippen LogP contribution in [0, 0.1) is 0 Å². The first-order chi connectivity index (χ1) is 8.41. The van der Waals surface area contributed by atoms with Gasteiger partial charge in [-0.1, -0.05) is 0 Å². The first-order valence-electron chi connectivity index (χ1n) is 6.64. The van der Waals surface area contributed by atoms with Gasteiger partial charge in [-0.2, -0.15) is 0 Å². The third kappa shape index (κ3) is 36.0. The van der Waals surface area contributed by atoms with Crippen molar-refractivity contribution in [2.24, 2.45) is 0 Å². The second-order valence-electron chi connectivity index (χ2n) is 4.11. The molecule has 0 heterocycles. The molecule has 0 saturated carbocycles. The van der Waals surface area contributed by atoms with E-state index in [1.807, 2.05) is 14.4 Å². The monoisotopic (exact) mass is 326 g/mol. The molecule has 0 atom stereocenters. The Kier molecular flexibility index (Phi) is 18.2. The molecule has 0 aliphatic rings. The summed E-state index contributed by atoms with van der Waals surface area (Å²) in [6.45, 7) is 4.55. The van der Waals surface area contributed by atoms with Crippen LogP contribution in [-0.2, 0) is 19.0 Å². The minimum Gasteiger partial charge on any atom is -0.303 e. The first-order valence-corrected chi connectivity index (χ1v) is 9.61. The van der Waals surface area contributed by atoms with Crippen molar-refractivity contribution in [2.75, 3.05) is 0 Å². The van der Waals surface area contributed by atoms with Gasteiger partial charge in [-0.05, 0) is 0 Å². The standard InChI is InChI=1S/2C6H13.Ni.H3O4P/c2*1-3-5-6-4-2;;1-5(2,3)4/h2*1,3-6H2,2H3;;(H3,1,2,3,4). The predicted octanol–water partition coefficient (Wildman–Crippen LogP) is 4.14. The van der Waals surface area contributed by atoms with Gasteiger partial charge >= 0.3 is 98.3 Å². The van der Waals surface area contributed by atoms with Crippen LogP contribution in [0.2, 0.25) is 10.8 Å². The van der Waals surface area contributed by atoms with Crippen LogP contribution in [0.4, 0.5) is 0 Å². The molecule has 0 aromatic heterocycles. The van der Waals surface area contributed by atoms with E-state index in [1.54, 1.807) is 0 Å². The molecule has 116 valence electrons. The minimum atomic E-state index is -4.64. The molecular weight excluding hydrogens is 298 g/mol. The fourth-order valence-corrected chi connectivity index (χ4v) is 2.48. The van der Waals surface area contributed by atoms with E-state index < -0.39 is 7.82 Å². The largest absolute Gasteiger partial charge is 0.466 e. The quantitative estimate of drug-likeness (QED) is 0.320. The Bertz CT molecular complexity index is 178. The van der Waals surface area contributed by atoms with Crippen molar-refractivity contribution in [3.05, 3.63) is 0 Å². The number of hydrogen-bond donors (Lipinski definition) is 3. The van der Waals surface area contributed by atoms with Crippen molar-refractivity contribution in [1.82, 2.24) is 0 Å². The maximum Gasteiger partial charge on any atom is 0.466 e. The van der Waals surface area contributed by atoms with Crippen molar-refractivity contribution in [3.63, 3.8) is 0 Å². The van der Waals surface area contributed by atoms with Gasteiger partial charge in [0.2, 0.25) is 0 Å². The fraction of sp³-hybridized carbons (Fsp3) is 1.00. The molecule has 0 radical (unpaired) electrons. The molecule has 18 heavy (non-hydrogen) atoms. The van der Waals surface area contributed by atoms with Gasteiger partial charge < -0.3 is 14.7 Å². The minimum absolute atomic E-state index is 1.36. The van der Waals surface area contributed by atoms with Gasteiger partial charge in [-0.15, -0.1) is 0 Å². The van der Waals surface area contributed by atoms with Gasteiger partial charge in [-0.3, -0.25) is 0 Å². The molecule has 4 nitrogen and oxygen atoms in total. The third-order valence-electron chi connectivity index (χ3n) is 2.15. The fourth-order valence-electron chi connectivity index (χ4n) is 1.25. The van der Waals surface area contributed by atoms with Gasteiger partial charge in [0.05, 0.1) is 0 Å². The second-order valence-corrected chi connectivity index (χ2v) is 6.62. The first kappa shape index (κ1) is 20.9. The van der Waals surface area contributed by atoms with E-state index in [2.05, 4.69) is 13.8 Å². The Morgan fingerprint density at radius 2 is 1.11 bits per heavy atom. The van der Waals surface area contributed by atoms with Crippen LogP contribution in [0.25, 0.3) is 0 Å². The summed E-state index contributed by atoms with van der Waals surface area (Å²) in [7, 11) is -4.64. The van der Waals surface area contributed by atoms with Gasteiger partial charge in [-0.25, -0.2) is 4.57 Å². The summed E-state index contributed by atoms with van der Waals surface area (Å²) in [6.07, 6.45) is 11.4. The summed E-state index contributed by atoms with van der Waals surface area (Å²) < 4.78 is 8.88. The Hall–Kier alpha value is 0.604. The van der Waals surface area contributed by atoms with E-state index in [-0.39, 0.29) is 0 Å². The van der Waals surface area contributed by atoms with E-state index in [0.717, 1.165) is 0 Å².